The first-order chi connectivity index (χ1) is 8.49. The number of aryl methyl sites for hydroxylation is 3. The third-order valence-corrected chi connectivity index (χ3v) is 4.41. The van der Waals surface area contributed by atoms with Gasteiger partial charge in [-0.05, 0) is 61.0 Å². The molecule has 18 heavy (non-hydrogen) atoms. The first kappa shape index (κ1) is 13.0. The number of hydrogen-bond acceptors (Lipinski definition) is 3. The number of nitrogens with two attached hydrogens (primary N) is 1. The number of thiophene rings is 1. The molecule has 0 aliphatic heterocycles. The van der Waals surface area contributed by atoms with E-state index in [0.29, 0.717) is 0 Å². The smallest absolute Gasteiger partial charge is 0.0603 e. The summed E-state index contributed by atoms with van der Waals surface area (Å²) in [6.45, 7) is 7.29. The summed E-state index contributed by atoms with van der Waals surface area (Å²) in [5.41, 5.74) is 12.0. The second-order valence-corrected chi connectivity index (χ2v) is 5.88. The predicted octanol–water partition coefficient (Wildman–Crippen LogP) is 3.89. The maximum Gasteiger partial charge on any atom is 0.0603 e. The van der Waals surface area contributed by atoms with Crippen molar-refractivity contribution in [3.63, 3.8) is 0 Å². The van der Waals surface area contributed by atoms with Gasteiger partial charge in [-0.1, -0.05) is 0 Å². The van der Waals surface area contributed by atoms with Gasteiger partial charge >= 0.3 is 0 Å². The third kappa shape index (κ3) is 2.51. The zero-order chi connectivity index (χ0) is 13.3. The van der Waals surface area contributed by atoms with E-state index in [2.05, 4.69) is 56.3 Å². The molecule has 0 amide bonds. The minimum absolute atomic E-state index is 0.856. The van der Waals surface area contributed by atoms with Crippen molar-refractivity contribution in [1.82, 2.24) is 0 Å². The van der Waals surface area contributed by atoms with E-state index in [4.69, 9.17) is 5.73 Å². The van der Waals surface area contributed by atoms with Gasteiger partial charge in [0.25, 0.3) is 0 Å². The van der Waals surface area contributed by atoms with E-state index in [-0.39, 0.29) is 0 Å². The summed E-state index contributed by atoms with van der Waals surface area (Å²) in [6, 6.07) is 6.40. The molecule has 0 aliphatic rings. The Balaban J connectivity index is 2.26. The number of benzene rings is 1. The normalized spacial score (nSPS) is 10.7. The maximum atomic E-state index is 6.12. The molecule has 2 N–H and O–H groups in total. The lowest BCUT2D eigenvalue weighted by Gasteiger charge is -2.22. The molecule has 2 nitrogen and oxygen atoms in total. The van der Waals surface area contributed by atoms with E-state index in [1.54, 1.807) is 11.3 Å². The fourth-order valence-corrected chi connectivity index (χ4v) is 2.98. The third-order valence-electron chi connectivity index (χ3n) is 3.40. The Morgan fingerprint density at radius 1 is 1.11 bits per heavy atom. The maximum absolute atomic E-state index is 6.12. The summed E-state index contributed by atoms with van der Waals surface area (Å²) in [5, 5.41) is 2.14. The van der Waals surface area contributed by atoms with Crippen molar-refractivity contribution < 1.29 is 0 Å². The fourth-order valence-electron chi connectivity index (χ4n) is 2.02. The topological polar surface area (TPSA) is 29.3 Å². The molecule has 0 radical (unpaired) electrons. The lowest BCUT2D eigenvalue weighted by Crippen LogP contribution is -2.18. The van der Waals surface area contributed by atoms with Crippen molar-refractivity contribution in [3.8, 4) is 0 Å². The molecule has 0 spiro atoms. The van der Waals surface area contributed by atoms with E-state index < -0.39 is 0 Å². The van der Waals surface area contributed by atoms with Gasteiger partial charge in [-0.3, -0.25) is 0 Å². The standard InChI is InChI=1S/C15H20N2S/c1-10-5-6-18-15(10)9-17(4)14-8-12(3)11(2)7-13(14)16/h5-8H,9,16H2,1-4H3. The van der Waals surface area contributed by atoms with Crippen molar-refractivity contribution in [2.75, 3.05) is 17.7 Å². The lowest BCUT2D eigenvalue weighted by atomic mass is 10.1. The van der Waals surface area contributed by atoms with Crippen LogP contribution in [0.4, 0.5) is 11.4 Å². The predicted molar refractivity (Wildman–Crippen MR) is 81.5 cm³/mol. The van der Waals surface area contributed by atoms with Crippen molar-refractivity contribution >= 4 is 22.7 Å². The van der Waals surface area contributed by atoms with E-state index in [1.165, 1.54) is 21.6 Å². The van der Waals surface area contributed by atoms with Crippen LogP contribution in [0.1, 0.15) is 21.6 Å². The van der Waals surface area contributed by atoms with Crippen molar-refractivity contribution in [1.29, 1.82) is 0 Å². The monoisotopic (exact) mass is 260 g/mol. The van der Waals surface area contributed by atoms with Crippen LogP contribution < -0.4 is 10.6 Å². The number of nitrogens with zero attached hydrogens (tertiary/aromatic N) is 1. The Hall–Kier alpha value is -1.48. The molecule has 0 saturated heterocycles. The fraction of sp³-hybridized carbons (Fsp3) is 0.333. The van der Waals surface area contributed by atoms with Crippen LogP contribution in [0, 0.1) is 20.8 Å². The molecule has 0 fully saturated rings. The molecule has 0 aliphatic carbocycles. The molecule has 0 unspecified atom stereocenters. The van der Waals surface area contributed by atoms with Crippen molar-refractivity contribution in [2.24, 2.45) is 0 Å². The highest BCUT2D eigenvalue weighted by Crippen LogP contribution is 2.28. The summed E-state index contributed by atoms with van der Waals surface area (Å²) < 4.78 is 0. The molecule has 0 atom stereocenters. The largest absolute Gasteiger partial charge is 0.397 e. The van der Waals surface area contributed by atoms with Gasteiger partial charge in [0.15, 0.2) is 0 Å². The van der Waals surface area contributed by atoms with Gasteiger partial charge in [-0.15, -0.1) is 11.3 Å². The number of hydrogen-bond donors (Lipinski definition) is 1. The number of rotatable bonds is 3. The summed E-state index contributed by atoms with van der Waals surface area (Å²) in [5.74, 6) is 0. The SMILES string of the molecule is Cc1cc(N)c(N(C)Cc2sccc2C)cc1C. The van der Waals surface area contributed by atoms with Crippen molar-refractivity contribution in [3.05, 3.63) is 45.1 Å². The molecule has 2 aromatic rings. The number of nitrogen functional groups attached to an aromatic ring is 1. The highest BCUT2D eigenvalue weighted by Gasteiger charge is 2.10. The van der Waals surface area contributed by atoms with Gasteiger partial charge in [-0.25, -0.2) is 0 Å². The Labute approximate surface area is 113 Å². The molecular formula is C15H20N2S. The van der Waals surface area contributed by atoms with Gasteiger partial charge in [0.05, 0.1) is 17.9 Å². The quantitative estimate of drug-likeness (QED) is 0.848. The van der Waals surface area contributed by atoms with E-state index in [9.17, 15) is 0 Å². The van der Waals surface area contributed by atoms with Gasteiger partial charge in [-0.2, -0.15) is 0 Å². The lowest BCUT2D eigenvalue weighted by molar-refractivity contribution is 0.933. The number of anilines is 2. The molecule has 0 saturated carbocycles. The molecule has 2 rings (SSSR count). The van der Waals surface area contributed by atoms with Crippen LogP contribution in [-0.2, 0) is 6.54 Å². The Kier molecular flexibility index (Phi) is 3.62. The zero-order valence-electron chi connectivity index (χ0n) is 11.4. The Bertz CT molecular complexity index is 558. The van der Waals surface area contributed by atoms with Crippen LogP contribution in [0.3, 0.4) is 0 Å². The molecule has 3 heteroatoms. The summed E-state index contributed by atoms with van der Waals surface area (Å²) >= 11 is 1.80. The van der Waals surface area contributed by atoms with Gasteiger partial charge in [0.1, 0.15) is 0 Å². The van der Waals surface area contributed by atoms with Crippen LogP contribution in [-0.4, -0.2) is 7.05 Å². The van der Waals surface area contributed by atoms with Gasteiger partial charge in [0.2, 0.25) is 0 Å². The first-order valence-electron chi connectivity index (χ1n) is 6.10. The Morgan fingerprint density at radius 2 is 1.78 bits per heavy atom. The molecule has 0 bridgehead atoms. The summed E-state index contributed by atoms with van der Waals surface area (Å²) in [6.07, 6.45) is 0. The van der Waals surface area contributed by atoms with Crippen molar-refractivity contribution in [2.45, 2.75) is 27.3 Å². The average Bonchev–Trinajstić information content (AvgIpc) is 2.69. The molecule has 96 valence electrons. The van der Waals surface area contributed by atoms with E-state index >= 15 is 0 Å². The highest BCUT2D eigenvalue weighted by molar-refractivity contribution is 7.10. The summed E-state index contributed by atoms with van der Waals surface area (Å²) in [7, 11) is 2.10. The van der Waals surface area contributed by atoms with Crippen LogP contribution in [0.5, 0.6) is 0 Å². The second kappa shape index (κ2) is 5.02. The first-order valence-corrected chi connectivity index (χ1v) is 6.98. The molecule has 1 heterocycles. The van der Waals surface area contributed by atoms with Crippen LogP contribution in [0.15, 0.2) is 23.6 Å². The molecule has 1 aromatic heterocycles. The van der Waals surface area contributed by atoms with Crippen LogP contribution >= 0.6 is 11.3 Å². The average molecular weight is 260 g/mol. The Morgan fingerprint density at radius 3 is 2.39 bits per heavy atom. The highest BCUT2D eigenvalue weighted by atomic mass is 32.1. The molecule has 1 aromatic carbocycles. The van der Waals surface area contributed by atoms with Crippen LogP contribution in [0.25, 0.3) is 0 Å². The van der Waals surface area contributed by atoms with Gasteiger partial charge < -0.3 is 10.6 Å². The van der Waals surface area contributed by atoms with E-state index in [1.807, 2.05) is 0 Å². The van der Waals surface area contributed by atoms with Crippen LogP contribution in [0.2, 0.25) is 0 Å². The zero-order valence-corrected chi connectivity index (χ0v) is 12.3. The minimum atomic E-state index is 0.856. The van der Waals surface area contributed by atoms with Gasteiger partial charge in [0, 0.05) is 11.9 Å². The van der Waals surface area contributed by atoms with E-state index in [0.717, 1.165) is 17.9 Å². The minimum Gasteiger partial charge on any atom is -0.397 e. The second-order valence-electron chi connectivity index (χ2n) is 4.88. The molecular weight excluding hydrogens is 240 g/mol. The summed E-state index contributed by atoms with van der Waals surface area (Å²) in [4.78, 5) is 3.62.